The maximum Gasteiger partial charge on any atom is 0.311 e. The van der Waals surface area contributed by atoms with Crippen LogP contribution in [0, 0.1) is 13.7 Å². The summed E-state index contributed by atoms with van der Waals surface area (Å²) in [4.78, 5) is 10.9. The summed E-state index contributed by atoms with van der Waals surface area (Å²) in [5.74, 6) is 0.577. The van der Waals surface area contributed by atoms with Crippen molar-refractivity contribution in [2.24, 2.45) is 0 Å². The normalized spacial score (nSPS) is 10.5. The molecule has 0 saturated heterocycles. The quantitative estimate of drug-likeness (QED) is 0.360. The molecular weight excluding hydrogens is 423 g/mol. The number of nitrogen functional groups attached to an aromatic ring is 1. The lowest BCUT2D eigenvalue weighted by Crippen LogP contribution is -1.99. The number of aromatic nitrogens is 2. The third-order valence-electron chi connectivity index (χ3n) is 3.41. The third kappa shape index (κ3) is 3.32. The number of ether oxygens (including phenoxy) is 1. The maximum atomic E-state index is 11.4. The Morgan fingerprint density at radius 1 is 1.25 bits per heavy atom. The molecule has 2 aromatic carbocycles. The highest BCUT2D eigenvalue weighted by Crippen LogP contribution is 2.34. The van der Waals surface area contributed by atoms with Crippen LogP contribution in [0.1, 0.15) is 5.56 Å². The largest absolute Gasteiger partial charge is 0.482 e. The minimum absolute atomic E-state index is 0.104. The van der Waals surface area contributed by atoms with Gasteiger partial charge in [0.15, 0.2) is 11.6 Å². The van der Waals surface area contributed by atoms with Crippen LogP contribution in [-0.4, -0.2) is 15.1 Å². The van der Waals surface area contributed by atoms with E-state index in [-0.39, 0.29) is 18.0 Å². The lowest BCUT2D eigenvalue weighted by molar-refractivity contribution is -0.385. The van der Waals surface area contributed by atoms with Crippen molar-refractivity contribution in [3.63, 3.8) is 0 Å². The fourth-order valence-electron chi connectivity index (χ4n) is 2.21. The number of rotatable bonds is 5. The van der Waals surface area contributed by atoms with Crippen LogP contribution < -0.4 is 10.5 Å². The molecule has 8 heteroatoms. The lowest BCUT2D eigenvalue weighted by Gasteiger charge is -2.08. The molecule has 0 aliphatic rings. The van der Waals surface area contributed by atoms with Crippen molar-refractivity contribution in [2.45, 2.75) is 6.61 Å². The number of nitro benzene ring substituents is 1. The highest BCUT2D eigenvalue weighted by Gasteiger charge is 2.19. The van der Waals surface area contributed by atoms with Gasteiger partial charge in [0.1, 0.15) is 6.61 Å². The second-order valence-corrected chi connectivity index (χ2v) is 6.09. The van der Waals surface area contributed by atoms with Crippen molar-refractivity contribution in [3.05, 3.63) is 67.8 Å². The SMILES string of the molecule is Nc1n[nH]c(-c2ccc(OCc3ccccc3)c([N+](=O)[O-])c2)c1I. The minimum Gasteiger partial charge on any atom is -0.482 e. The van der Waals surface area contributed by atoms with E-state index in [2.05, 4.69) is 10.2 Å². The number of nitrogens with zero attached hydrogens (tertiary/aromatic N) is 2. The Kier molecular flexibility index (Phi) is 4.65. The van der Waals surface area contributed by atoms with E-state index in [9.17, 15) is 10.1 Å². The first-order valence-corrected chi connectivity index (χ1v) is 8.09. The number of anilines is 1. The van der Waals surface area contributed by atoms with E-state index in [0.29, 0.717) is 17.1 Å². The van der Waals surface area contributed by atoms with E-state index in [4.69, 9.17) is 10.5 Å². The average Bonchev–Trinajstić information content (AvgIpc) is 2.93. The fourth-order valence-corrected chi connectivity index (χ4v) is 2.76. The minimum atomic E-state index is -0.462. The summed E-state index contributed by atoms with van der Waals surface area (Å²) in [5.41, 5.74) is 7.81. The standard InChI is InChI=1S/C16H13IN4O3/c17-14-15(19-20-16(14)18)11-6-7-13(12(8-11)21(22)23)24-9-10-4-2-1-3-5-10/h1-8H,9H2,(H3,18,19,20). The topological polar surface area (TPSA) is 107 Å². The van der Waals surface area contributed by atoms with Gasteiger partial charge in [-0.2, -0.15) is 5.10 Å². The smallest absolute Gasteiger partial charge is 0.311 e. The number of benzene rings is 2. The van der Waals surface area contributed by atoms with Crippen LogP contribution in [0.5, 0.6) is 5.75 Å². The van der Waals surface area contributed by atoms with Crippen molar-refractivity contribution in [3.8, 4) is 17.0 Å². The molecular formula is C16H13IN4O3. The van der Waals surface area contributed by atoms with Crippen molar-refractivity contribution < 1.29 is 9.66 Å². The van der Waals surface area contributed by atoms with Crippen molar-refractivity contribution in [1.29, 1.82) is 0 Å². The molecule has 3 rings (SSSR count). The summed E-state index contributed by atoms with van der Waals surface area (Å²) in [6.45, 7) is 0.259. The molecule has 3 N–H and O–H groups in total. The number of H-pyrrole nitrogens is 1. The van der Waals surface area contributed by atoms with Crippen molar-refractivity contribution >= 4 is 34.1 Å². The third-order valence-corrected chi connectivity index (χ3v) is 4.51. The van der Waals surface area contributed by atoms with E-state index < -0.39 is 4.92 Å². The Morgan fingerprint density at radius 2 is 2.00 bits per heavy atom. The average molecular weight is 436 g/mol. The zero-order chi connectivity index (χ0) is 17.1. The predicted octanol–water partition coefficient (Wildman–Crippen LogP) is 3.75. The van der Waals surface area contributed by atoms with Gasteiger partial charge in [0.25, 0.3) is 0 Å². The van der Waals surface area contributed by atoms with E-state index in [0.717, 1.165) is 9.13 Å². The summed E-state index contributed by atoms with van der Waals surface area (Å²) in [7, 11) is 0. The van der Waals surface area contributed by atoms with Gasteiger partial charge in [0.2, 0.25) is 0 Å². The highest BCUT2D eigenvalue weighted by atomic mass is 127. The Labute approximate surface area is 151 Å². The van der Waals surface area contributed by atoms with Gasteiger partial charge in [-0.3, -0.25) is 15.2 Å². The van der Waals surface area contributed by atoms with Gasteiger partial charge in [-0.25, -0.2) is 0 Å². The molecule has 0 radical (unpaired) electrons. The molecule has 1 heterocycles. The number of nitrogens with one attached hydrogen (secondary N) is 1. The number of hydrogen-bond acceptors (Lipinski definition) is 5. The molecule has 24 heavy (non-hydrogen) atoms. The van der Waals surface area contributed by atoms with Gasteiger partial charge in [-0.15, -0.1) is 0 Å². The zero-order valence-electron chi connectivity index (χ0n) is 12.4. The first-order valence-electron chi connectivity index (χ1n) is 7.01. The molecule has 0 spiro atoms. The van der Waals surface area contributed by atoms with Crippen molar-refractivity contribution in [2.75, 3.05) is 5.73 Å². The molecule has 0 atom stereocenters. The van der Waals surface area contributed by atoms with E-state index in [1.807, 2.05) is 52.9 Å². The Balaban J connectivity index is 1.90. The van der Waals surface area contributed by atoms with E-state index >= 15 is 0 Å². The Hall–Kier alpha value is -2.62. The Bertz CT molecular complexity index is 880. The van der Waals surface area contributed by atoms with Crippen LogP contribution in [0.4, 0.5) is 11.5 Å². The first kappa shape index (κ1) is 16.2. The van der Waals surface area contributed by atoms with E-state index in [1.165, 1.54) is 6.07 Å². The number of aromatic amines is 1. The van der Waals surface area contributed by atoms with Crippen LogP contribution in [0.3, 0.4) is 0 Å². The zero-order valence-corrected chi connectivity index (χ0v) is 14.6. The second-order valence-electron chi connectivity index (χ2n) is 5.01. The summed E-state index contributed by atoms with van der Waals surface area (Å²) >= 11 is 2.05. The molecule has 0 saturated carbocycles. The lowest BCUT2D eigenvalue weighted by atomic mass is 10.1. The molecule has 3 aromatic rings. The van der Waals surface area contributed by atoms with E-state index in [1.54, 1.807) is 12.1 Å². The highest BCUT2D eigenvalue weighted by molar-refractivity contribution is 14.1. The monoisotopic (exact) mass is 436 g/mol. The predicted molar refractivity (Wildman–Crippen MR) is 98.6 cm³/mol. The maximum absolute atomic E-state index is 11.4. The summed E-state index contributed by atoms with van der Waals surface area (Å²) < 4.78 is 6.34. The van der Waals surface area contributed by atoms with Crippen LogP contribution in [-0.2, 0) is 6.61 Å². The first-order chi connectivity index (χ1) is 11.6. The molecule has 0 unspecified atom stereocenters. The van der Waals surface area contributed by atoms with Crippen LogP contribution in [0.15, 0.2) is 48.5 Å². The summed E-state index contributed by atoms with van der Waals surface area (Å²) in [6.07, 6.45) is 0. The number of nitro groups is 1. The number of hydrogen-bond donors (Lipinski definition) is 2. The number of nitrogens with two attached hydrogens (primary N) is 1. The second kappa shape index (κ2) is 6.87. The summed E-state index contributed by atoms with van der Waals surface area (Å²) in [5, 5.41) is 18.1. The van der Waals surface area contributed by atoms with Gasteiger partial charge in [-0.05, 0) is 40.3 Å². The fraction of sp³-hybridized carbons (Fsp3) is 0.0625. The molecule has 0 fully saturated rings. The number of halogens is 1. The molecule has 0 aliphatic heterocycles. The van der Waals surface area contributed by atoms with Gasteiger partial charge >= 0.3 is 5.69 Å². The molecule has 0 amide bonds. The molecule has 122 valence electrons. The molecule has 0 bridgehead atoms. The van der Waals surface area contributed by atoms with Gasteiger partial charge < -0.3 is 10.5 Å². The van der Waals surface area contributed by atoms with Crippen LogP contribution >= 0.6 is 22.6 Å². The Morgan fingerprint density at radius 3 is 2.62 bits per heavy atom. The molecule has 1 aromatic heterocycles. The van der Waals surface area contributed by atoms with Gasteiger partial charge in [0.05, 0.1) is 14.2 Å². The van der Waals surface area contributed by atoms with Gasteiger partial charge in [-0.1, -0.05) is 30.3 Å². The molecule has 0 aliphatic carbocycles. The van der Waals surface area contributed by atoms with Crippen molar-refractivity contribution in [1.82, 2.24) is 10.2 Å². The van der Waals surface area contributed by atoms with Crippen LogP contribution in [0.25, 0.3) is 11.3 Å². The van der Waals surface area contributed by atoms with Gasteiger partial charge in [0, 0.05) is 11.6 Å². The summed E-state index contributed by atoms with van der Waals surface area (Å²) in [6, 6.07) is 14.3. The van der Waals surface area contributed by atoms with Crippen LogP contribution in [0.2, 0.25) is 0 Å². The molecule has 7 nitrogen and oxygen atoms in total.